The molecule has 6 fully saturated rings. The summed E-state index contributed by atoms with van der Waals surface area (Å²) < 4.78 is 5.76. The van der Waals surface area contributed by atoms with Crippen molar-refractivity contribution >= 4 is 23.2 Å². The molecule has 2 aromatic rings. The van der Waals surface area contributed by atoms with Crippen LogP contribution in [-0.4, -0.2) is 77.2 Å². The number of likely N-dealkylation sites (tertiary alicyclic amines) is 2. The summed E-state index contributed by atoms with van der Waals surface area (Å²) in [5.74, 6) is 6.83. The fourth-order valence-electron chi connectivity index (χ4n) is 10.4. The van der Waals surface area contributed by atoms with Gasteiger partial charge in [-0.1, -0.05) is 56.7 Å². The largest absolute Gasteiger partial charge is 0.508 e. The Morgan fingerprint density at radius 1 is 0.680 bits per heavy atom. The number of Topliss-reactive ketones (excluding diaryl/α,β-unsaturated/α-hetero) is 2. The summed E-state index contributed by atoms with van der Waals surface area (Å²) in [4.78, 5) is 26.4. The minimum atomic E-state index is 0. The molecule has 6 nitrogen and oxygen atoms in total. The zero-order chi connectivity index (χ0) is 34.3. The van der Waals surface area contributed by atoms with Gasteiger partial charge in [0.25, 0.3) is 0 Å². The number of hydrogen-bond donors (Lipinski definition) is 1. The molecule has 50 heavy (non-hydrogen) atoms. The van der Waals surface area contributed by atoms with Gasteiger partial charge in [0.15, 0.2) is 5.78 Å². The number of ether oxygens (including phenoxy) is 1. The van der Waals surface area contributed by atoms with Crippen LogP contribution < -0.4 is 4.74 Å². The minimum absolute atomic E-state index is 0. The number of alkyl halides is 1. The minimum Gasteiger partial charge on any atom is -0.508 e. The highest BCUT2D eigenvalue weighted by atomic mass is 35.5. The Morgan fingerprint density at radius 2 is 1.14 bits per heavy atom. The van der Waals surface area contributed by atoms with Crippen LogP contribution in [0.15, 0.2) is 48.5 Å². The Labute approximate surface area is 307 Å². The van der Waals surface area contributed by atoms with E-state index in [-0.39, 0.29) is 31.5 Å². The van der Waals surface area contributed by atoms with Crippen molar-refractivity contribution in [2.75, 3.05) is 38.7 Å². The smallest absolute Gasteiger partial charge is 0.167 e. The van der Waals surface area contributed by atoms with E-state index in [1.165, 1.54) is 121 Å². The maximum absolute atomic E-state index is 11.2. The number of hydrogen-bond acceptors (Lipinski definition) is 6. The number of phenolic OH excluding ortho intramolecular Hbond substituents is 1. The SMILES string of the molecule is C.CC(=O)CCl.CC(=O)COc1ccccc1C1CCN([C@@H]2C[C@@H]3CC[C@H]2C3)CC1.Oc1ccccc1C1CCN([C@@H]2C[C@@H]3CC[C@H]2C3)CC1. The average Bonchev–Trinajstić information content (AvgIpc) is 3.96. The molecule has 2 heterocycles. The lowest BCUT2D eigenvalue weighted by atomic mass is 9.86. The molecule has 7 heteroatoms. The Balaban J connectivity index is 0.000000170. The lowest BCUT2D eigenvalue weighted by Crippen LogP contribution is -2.43. The van der Waals surface area contributed by atoms with Gasteiger partial charge in [-0.25, -0.2) is 0 Å². The predicted octanol–water partition coefficient (Wildman–Crippen LogP) is 9.23. The number of rotatable bonds is 8. The molecular weight excluding hydrogens is 644 g/mol. The summed E-state index contributed by atoms with van der Waals surface area (Å²) in [6.07, 6.45) is 16.7. The van der Waals surface area contributed by atoms with Crippen LogP contribution in [0.3, 0.4) is 0 Å². The molecule has 0 unspecified atom stereocenters. The van der Waals surface area contributed by atoms with Crippen LogP contribution in [0.2, 0.25) is 0 Å². The number of phenols is 1. The number of carbonyl (C=O) groups excluding carboxylic acids is 2. The number of piperidine rings is 2. The molecule has 0 spiro atoms. The standard InChI is InChI=1S/C21H29NO2.C18H25NO.C3H5ClO.CH4/c1-15(23)14-24-21-5-3-2-4-19(21)17-8-10-22(11-9-17)20-13-16-6-7-18(20)12-16;20-18-4-2-1-3-16(18)14-7-9-19(10-8-14)17-12-13-5-6-15(17)11-13;1-3(5)2-4;/h2-5,16-18,20H,6-14H2,1H3;1-4,13-15,17,20H,5-12H2;2H2,1H3;1H4/t16-,18+,20-;13-,15+,17-;;/m11../s1. The van der Waals surface area contributed by atoms with Crippen LogP contribution in [0.1, 0.15) is 121 Å². The second-order valence-electron chi connectivity index (χ2n) is 16.0. The molecule has 2 aliphatic heterocycles. The topological polar surface area (TPSA) is 70.1 Å². The third kappa shape index (κ3) is 9.72. The van der Waals surface area contributed by atoms with Gasteiger partial charge in [0, 0.05) is 12.1 Å². The third-order valence-corrected chi connectivity index (χ3v) is 13.1. The van der Waals surface area contributed by atoms with Gasteiger partial charge >= 0.3 is 0 Å². The number of benzene rings is 2. The fraction of sp³-hybridized carbons (Fsp3) is 0.674. The van der Waals surface area contributed by atoms with Gasteiger partial charge in [-0.3, -0.25) is 9.59 Å². The number of fused-ring (bicyclic) bond motifs is 4. The first kappa shape index (κ1) is 38.8. The normalized spacial score (nSPS) is 29.3. The molecule has 4 saturated carbocycles. The summed E-state index contributed by atoms with van der Waals surface area (Å²) in [5.41, 5.74) is 2.46. The highest BCUT2D eigenvalue weighted by molar-refractivity contribution is 6.27. The van der Waals surface area contributed by atoms with E-state index >= 15 is 0 Å². The quantitative estimate of drug-likeness (QED) is 0.276. The van der Waals surface area contributed by atoms with Crippen LogP contribution in [0.25, 0.3) is 0 Å². The number of ketones is 2. The summed E-state index contributed by atoms with van der Waals surface area (Å²) in [6, 6.07) is 18.0. The molecule has 1 N–H and O–H groups in total. The first-order valence-corrected chi connectivity index (χ1v) is 19.8. The first-order chi connectivity index (χ1) is 23.8. The van der Waals surface area contributed by atoms with Crippen molar-refractivity contribution in [1.29, 1.82) is 0 Å². The molecule has 6 atom stereocenters. The Kier molecular flexibility index (Phi) is 14.3. The number of nitrogens with zero attached hydrogens (tertiary/aromatic N) is 2. The highest BCUT2D eigenvalue weighted by Gasteiger charge is 2.44. The van der Waals surface area contributed by atoms with E-state index in [4.69, 9.17) is 16.3 Å². The van der Waals surface area contributed by atoms with Gasteiger partial charge in [0.05, 0.1) is 5.88 Å². The Hall–Kier alpha value is -2.41. The van der Waals surface area contributed by atoms with Gasteiger partial charge in [0.2, 0.25) is 0 Å². The second kappa shape index (κ2) is 18.4. The van der Waals surface area contributed by atoms with E-state index in [2.05, 4.69) is 34.1 Å². The Bertz CT molecular complexity index is 1380. The molecule has 0 radical (unpaired) electrons. The number of carbonyl (C=O) groups is 2. The van der Waals surface area contributed by atoms with Gasteiger partial charge in [-0.15, -0.1) is 11.6 Å². The molecule has 276 valence electrons. The van der Waals surface area contributed by atoms with E-state index in [1.54, 1.807) is 6.92 Å². The molecule has 4 bridgehead atoms. The number of aromatic hydroxyl groups is 1. The molecule has 8 rings (SSSR count). The highest BCUT2D eigenvalue weighted by Crippen LogP contribution is 2.49. The molecule has 2 saturated heterocycles. The number of para-hydroxylation sites is 2. The van der Waals surface area contributed by atoms with Crippen LogP contribution in [0, 0.1) is 23.7 Å². The van der Waals surface area contributed by atoms with Crippen molar-refractivity contribution in [2.24, 2.45) is 23.7 Å². The molecule has 0 aromatic heterocycles. The zero-order valence-corrected chi connectivity index (χ0v) is 30.7. The van der Waals surface area contributed by atoms with Gasteiger partial charge in [-0.2, -0.15) is 0 Å². The zero-order valence-electron chi connectivity index (χ0n) is 29.9. The Morgan fingerprint density at radius 3 is 1.56 bits per heavy atom. The average molecular weight is 707 g/mol. The summed E-state index contributed by atoms with van der Waals surface area (Å²) in [5, 5.41) is 10.0. The van der Waals surface area contributed by atoms with Crippen LogP contribution in [-0.2, 0) is 9.59 Å². The van der Waals surface area contributed by atoms with Crippen LogP contribution in [0.4, 0.5) is 0 Å². The maximum Gasteiger partial charge on any atom is 0.167 e. The summed E-state index contributed by atoms with van der Waals surface area (Å²) >= 11 is 4.99. The van der Waals surface area contributed by atoms with E-state index in [0.717, 1.165) is 41.5 Å². The van der Waals surface area contributed by atoms with E-state index in [9.17, 15) is 14.7 Å². The van der Waals surface area contributed by atoms with Crippen molar-refractivity contribution in [3.05, 3.63) is 59.7 Å². The molecule has 6 aliphatic rings. The van der Waals surface area contributed by atoms with E-state index in [1.807, 2.05) is 24.3 Å². The van der Waals surface area contributed by atoms with Crippen LogP contribution in [0.5, 0.6) is 11.5 Å². The van der Waals surface area contributed by atoms with E-state index in [0.29, 0.717) is 17.6 Å². The molecule has 2 aromatic carbocycles. The van der Waals surface area contributed by atoms with Crippen molar-refractivity contribution in [3.8, 4) is 11.5 Å². The maximum atomic E-state index is 11.2. The fourth-order valence-corrected chi connectivity index (χ4v) is 10.4. The van der Waals surface area contributed by atoms with Crippen molar-refractivity contribution in [3.63, 3.8) is 0 Å². The van der Waals surface area contributed by atoms with Crippen LogP contribution >= 0.6 is 11.6 Å². The van der Waals surface area contributed by atoms with Crippen molar-refractivity contribution in [1.82, 2.24) is 9.80 Å². The number of halogens is 1. The third-order valence-electron chi connectivity index (χ3n) is 12.8. The lowest BCUT2D eigenvalue weighted by molar-refractivity contribution is -0.119. The monoisotopic (exact) mass is 706 g/mol. The summed E-state index contributed by atoms with van der Waals surface area (Å²) in [6.45, 7) is 8.11. The molecule has 4 aliphatic carbocycles. The lowest BCUT2D eigenvalue weighted by Gasteiger charge is -2.40. The van der Waals surface area contributed by atoms with Crippen molar-refractivity contribution < 1.29 is 19.4 Å². The predicted molar refractivity (Wildman–Crippen MR) is 204 cm³/mol. The van der Waals surface area contributed by atoms with Gasteiger partial charge in [0.1, 0.15) is 23.9 Å². The van der Waals surface area contributed by atoms with Crippen molar-refractivity contribution in [2.45, 2.75) is 122 Å². The second-order valence-corrected chi connectivity index (χ2v) is 16.3. The van der Waals surface area contributed by atoms with E-state index < -0.39 is 0 Å². The summed E-state index contributed by atoms with van der Waals surface area (Å²) in [7, 11) is 0. The van der Waals surface area contributed by atoms with Gasteiger partial charge in [-0.05, 0) is 163 Å². The van der Waals surface area contributed by atoms with Gasteiger partial charge < -0.3 is 19.6 Å². The molecule has 0 amide bonds. The molecular formula is C43H63ClN2O4. The first-order valence-electron chi connectivity index (χ1n) is 19.3.